The van der Waals surface area contributed by atoms with Gasteiger partial charge in [-0.3, -0.25) is 97.5 Å². The molecule has 0 bridgehead atoms. The summed E-state index contributed by atoms with van der Waals surface area (Å²) in [5.74, 6) is 3.12. The highest BCUT2D eigenvalue weighted by atomic mass is 79.9. The van der Waals surface area contributed by atoms with E-state index in [0.717, 1.165) is 89.4 Å². The van der Waals surface area contributed by atoms with E-state index in [2.05, 4.69) is 104 Å². The van der Waals surface area contributed by atoms with E-state index in [1.54, 1.807) is 69.3 Å². The number of piperidine rings is 4. The molecule has 8 atom stereocenters. The van der Waals surface area contributed by atoms with Crippen LogP contribution in [0.5, 0.6) is 0 Å². The highest BCUT2D eigenvalue weighted by Crippen LogP contribution is 2.32. The fraction of sp³-hybridized carbons (Fsp3) is 0.570. The number of morpholine rings is 4. The Morgan fingerprint density at radius 2 is 0.767 bits per heavy atom. The SMILES string of the molecule is C.C#CCN1CCO[C@H](CNC(=O)OC(C)(C)C)C1.C1CCOC1.CC(C)(C)OC(=O)NC[C@@H]1CN(CC#Cc2cccc3c2oc(=O)n3C2CCC(=O)NC2=O)CCO1.CC(C)(C)OC(=O)NC[C@@H]1CN(CCCc2cccc3c2oc(=O)n3C2CCC(=O)NC2=O)CCO1.Cl.NC[C@@H]1CN(CCCc2cccc3c2oc(=O)n3C2CCC(=O)NC2=O)CCO1.O=C1CCC(n2c(=O)oc3c(Br)cccc32)C(=O)N1.[3H]S. The predicted molar refractivity (Wildman–Crippen MR) is 549 cm³/mol. The maximum atomic E-state index is 12.6. The summed E-state index contributed by atoms with van der Waals surface area (Å²) in [7, 11) is 0. The van der Waals surface area contributed by atoms with Gasteiger partial charge in [-0.2, -0.15) is 13.4 Å². The minimum absolute atomic E-state index is 0. The van der Waals surface area contributed by atoms with Gasteiger partial charge in [0.25, 0.3) is 0 Å². The summed E-state index contributed by atoms with van der Waals surface area (Å²) in [5, 5.41) is 17.3. The van der Waals surface area contributed by atoms with Gasteiger partial charge >= 0.3 is 41.3 Å². The highest BCUT2D eigenvalue weighted by molar-refractivity contribution is 9.10. The first-order valence-electron chi connectivity index (χ1n) is 48.7. The van der Waals surface area contributed by atoms with Crippen molar-refractivity contribution in [1.29, 1.82) is 1.12 Å². The van der Waals surface area contributed by atoms with E-state index in [1.165, 1.54) is 31.1 Å². The molecule has 11 amide bonds. The normalized spacial score (nSPS) is 21.2. The number of amides is 11. The van der Waals surface area contributed by atoms with Crippen LogP contribution in [0, 0.1) is 24.2 Å². The van der Waals surface area contributed by atoms with E-state index in [9.17, 15) is 71.9 Å². The van der Waals surface area contributed by atoms with Crippen LogP contribution < -0.4 is 66.0 Å². The fourth-order valence-corrected chi connectivity index (χ4v) is 17.9. The van der Waals surface area contributed by atoms with Crippen LogP contribution in [0.4, 0.5) is 14.4 Å². The molecular weight excluding hydrogens is 2000 g/mol. The Hall–Kier alpha value is -11.8. The summed E-state index contributed by atoms with van der Waals surface area (Å²) in [6, 6.07) is 18.5. The molecule has 17 rings (SSSR count). The van der Waals surface area contributed by atoms with Crippen LogP contribution in [-0.2, 0) is 89.1 Å². The lowest BCUT2D eigenvalue weighted by molar-refractivity contribution is -0.137. The van der Waals surface area contributed by atoms with Gasteiger partial charge in [0.1, 0.15) is 41.0 Å². The number of hydrogen-bond acceptors (Lipinski definition) is 32. The van der Waals surface area contributed by atoms with E-state index in [1.807, 2.05) is 65.8 Å². The molecule has 0 spiro atoms. The number of imide groups is 4. The zero-order valence-electron chi connectivity index (χ0n) is 84.0. The summed E-state index contributed by atoms with van der Waals surface area (Å²) >= 11 is 6.07. The van der Waals surface area contributed by atoms with Gasteiger partial charge in [0.2, 0.25) is 47.3 Å². The van der Waals surface area contributed by atoms with Crippen molar-refractivity contribution < 1.29 is 108 Å². The molecule has 9 fully saturated rings. The van der Waals surface area contributed by atoms with Gasteiger partial charge in [-0.1, -0.05) is 61.6 Å². The molecule has 9 saturated heterocycles. The topological polar surface area (TPSA) is 525 Å². The Morgan fingerprint density at radius 3 is 1.12 bits per heavy atom. The number of nitrogens with zero attached hydrogens (tertiary/aromatic N) is 8. The first-order valence-corrected chi connectivity index (χ1v) is 49.1. The molecule has 0 saturated carbocycles. The number of terminal acetylenes is 1. The molecule has 798 valence electrons. The number of para-hydroxylation sites is 4. The molecule has 4 unspecified atom stereocenters. The predicted octanol–water partition coefficient (Wildman–Crippen LogP) is 7.19. The van der Waals surface area contributed by atoms with Gasteiger partial charge in [0.05, 0.1) is 97.2 Å². The number of carbonyl (C=O) groups excluding carboxylic acids is 11. The number of nitrogens with one attached hydrogen (secondary N) is 7. The number of benzene rings is 4. The molecule has 9 N–H and O–H groups in total. The third-order valence-corrected chi connectivity index (χ3v) is 24.7. The zero-order chi connectivity index (χ0) is 105. The number of nitrogens with two attached hydrogens (primary N) is 1. The number of aromatic nitrogens is 4. The van der Waals surface area contributed by atoms with Crippen molar-refractivity contribution in [3.8, 4) is 24.2 Å². The molecule has 4 aromatic carbocycles. The van der Waals surface area contributed by atoms with Crippen molar-refractivity contribution in [3.05, 3.63) is 136 Å². The lowest BCUT2D eigenvalue weighted by atomic mass is 10.0. The number of ether oxygens (including phenoxy) is 8. The molecule has 9 aliphatic heterocycles. The average Bonchev–Trinajstić information content (AvgIpc) is 1.63. The van der Waals surface area contributed by atoms with E-state index in [4.69, 9.17) is 68.8 Å². The Morgan fingerprint density at radius 1 is 0.452 bits per heavy atom. The van der Waals surface area contributed by atoms with Crippen LogP contribution in [0.1, 0.15) is 188 Å². The van der Waals surface area contributed by atoms with Gasteiger partial charge in [-0.15, -0.1) is 18.8 Å². The molecule has 0 radical (unpaired) electrons. The van der Waals surface area contributed by atoms with Crippen LogP contribution in [0.2, 0.25) is 0 Å². The molecular formula is C100H136BrClN16O27S. The number of oxazole rings is 4. The summed E-state index contributed by atoms with van der Waals surface area (Å²) < 4.78 is 76.4. The van der Waals surface area contributed by atoms with E-state index in [0.29, 0.717) is 159 Å². The van der Waals surface area contributed by atoms with Crippen LogP contribution >= 0.6 is 41.7 Å². The van der Waals surface area contributed by atoms with Crippen molar-refractivity contribution >= 4 is 152 Å². The summed E-state index contributed by atoms with van der Waals surface area (Å²) in [5.41, 5.74) is 10.3. The third-order valence-electron chi connectivity index (χ3n) is 24.0. The Labute approximate surface area is 866 Å². The van der Waals surface area contributed by atoms with Crippen molar-refractivity contribution in [3.63, 3.8) is 0 Å². The molecule has 43 nitrogen and oxygen atoms in total. The molecule has 4 aromatic heterocycles. The smallest absolute Gasteiger partial charge is 0.420 e. The van der Waals surface area contributed by atoms with Gasteiger partial charge in [0.15, 0.2) is 22.3 Å². The van der Waals surface area contributed by atoms with Crippen molar-refractivity contribution in [2.45, 2.75) is 225 Å². The third kappa shape index (κ3) is 34.1. The Kier molecular flexibility index (Phi) is 43.9. The number of halogens is 2. The molecule has 46 heteroatoms. The number of carbonyl (C=O) groups is 11. The maximum absolute atomic E-state index is 12.6. The fourth-order valence-electron chi connectivity index (χ4n) is 17.4. The van der Waals surface area contributed by atoms with Crippen molar-refractivity contribution in [1.82, 2.24) is 75.1 Å². The van der Waals surface area contributed by atoms with E-state index in [-0.39, 0.29) is 106 Å². The largest absolute Gasteiger partial charge is 0.444 e. The highest BCUT2D eigenvalue weighted by Gasteiger charge is 2.38. The summed E-state index contributed by atoms with van der Waals surface area (Å²) in [6.07, 6.45) is 11.3. The van der Waals surface area contributed by atoms with Crippen molar-refractivity contribution in [2.75, 3.05) is 144 Å². The number of rotatable bonds is 21. The van der Waals surface area contributed by atoms with Crippen LogP contribution in [0.15, 0.2) is 114 Å². The van der Waals surface area contributed by atoms with Gasteiger partial charge in [-0.05, 0) is 203 Å². The molecule has 13 heterocycles. The minimum atomic E-state index is -0.806. The number of hydrogen-bond donors (Lipinski definition) is 8. The van der Waals surface area contributed by atoms with Crippen LogP contribution in [0.25, 0.3) is 44.4 Å². The second-order valence-corrected chi connectivity index (χ2v) is 39.4. The summed E-state index contributed by atoms with van der Waals surface area (Å²) in [6.45, 7) is 31.4. The van der Waals surface area contributed by atoms with Gasteiger partial charge in [0, 0.05) is 117 Å². The maximum Gasteiger partial charge on any atom is 0.420 e. The van der Waals surface area contributed by atoms with Gasteiger partial charge < -0.3 is 77.2 Å². The standard InChI is InChI=1S/C25H34N4O7.C25H30N4O7.C20H26N4O5.C13H22N2O3.C12H9BrN2O4.C4H8O.CH4.ClH.H2S/c2*1-25(2,3)36-23(32)26-14-17-15-28(12-13-34-17)11-5-7-16-6-4-8-18-21(16)35-24(33)29(18)19-9-10-20(30)27-22(19)31;21-11-14-12-23(9-10-28-14)8-2-4-13-3-1-5-15-18(13)29-20(27)24(15)16-6-7-17(25)22-19(16)26;1-5-6-15-7-8-17-11(10-15)9-14-12(16)18-13(2,3)4;13-6-2-1-3-7-10(6)19-12(18)15(7)8-4-5-9(16)14-11(8)17;1-2-4-5-3-1;;;/h4,6,8,17,19H,5,7,9-15H2,1-3H3,(H,26,32)(H,27,30,31);4,6,8,17,19H,9-15H2,1-3H3,(H,26,32)(H,27,30,31);1,3,5,14,16H,2,4,6-12,21H2,(H,22,25,26);1,11H,6-10H2,2-4H3,(H,14,16);1-3,8H,4-5H2,(H,14,16,17);1-4H2;1H4;1H;1H2/t2*17-,19?;14-,16?;11-;;;;;/m1111...../s1/i/hT. The minimum Gasteiger partial charge on any atom is -0.444 e. The molecule has 146 heavy (non-hydrogen) atoms. The van der Waals surface area contributed by atoms with E-state index >= 15 is 0 Å². The Bertz CT molecular complexity index is 6240. The summed E-state index contributed by atoms with van der Waals surface area (Å²) in [4.78, 5) is 188. The second kappa shape index (κ2) is 55.3. The van der Waals surface area contributed by atoms with Crippen LogP contribution in [-0.4, -0.2) is 290 Å². The Balaban J connectivity index is 0.000000205. The monoisotopic (exact) mass is 2140 g/mol. The number of fused-ring (bicyclic) bond motifs is 4. The van der Waals surface area contributed by atoms with Gasteiger partial charge in [-0.25, -0.2) is 33.6 Å². The molecule has 8 aromatic rings. The lowest BCUT2D eigenvalue weighted by Gasteiger charge is -2.33. The quantitative estimate of drug-likeness (QED) is 0.0200. The number of aryl methyl sites for hydroxylation is 2. The first-order chi connectivity index (χ1) is 69.2. The van der Waals surface area contributed by atoms with E-state index < -0.39 is 106 Å². The average molecular weight is 2140 g/mol. The zero-order valence-corrected chi connectivity index (χ0v) is 86.3. The van der Waals surface area contributed by atoms with Crippen molar-refractivity contribution in [2.24, 2.45) is 5.73 Å². The first kappa shape index (κ1) is 116. The number of alkyl carbamates (subject to hydrolysis) is 3. The molecule has 0 aliphatic carbocycles. The molecule has 9 aliphatic rings. The second-order valence-electron chi connectivity index (χ2n) is 38.6. The lowest BCUT2D eigenvalue weighted by Crippen LogP contribution is -2.48. The van der Waals surface area contributed by atoms with Crippen LogP contribution in [0.3, 0.4) is 0 Å².